The Labute approximate surface area is 204 Å². The number of carbonyl (C=O) groups is 2. The number of hydrogen-bond donors (Lipinski definition) is 0. The summed E-state index contributed by atoms with van der Waals surface area (Å²) in [5.41, 5.74) is 1.68. The second-order valence-electron chi connectivity index (χ2n) is 13.6. The molecule has 2 amide bonds. The highest BCUT2D eigenvalue weighted by atomic mass is 16.2. The summed E-state index contributed by atoms with van der Waals surface area (Å²) in [5, 5.41) is 0. The van der Waals surface area contributed by atoms with E-state index in [1.807, 2.05) is 23.9 Å². The number of amides is 2. The van der Waals surface area contributed by atoms with Gasteiger partial charge < -0.3 is 9.80 Å². The van der Waals surface area contributed by atoms with Crippen LogP contribution in [0.1, 0.15) is 77.0 Å². The van der Waals surface area contributed by atoms with Crippen molar-refractivity contribution >= 4 is 23.2 Å². The highest BCUT2D eigenvalue weighted by molar-refractivity contribution is 5.99. The lowest BCUT2D eigenvalue weighted by atomic mass is 9.49. The van der Waals surface area contributed by atoms with Gasteiger partial charge in [0.2, 0.25) is 11.8 Å². The van der Waals surface area contributed by atoms with Gasteiger partial charge in [-0.05, 0) is 137 Å². The van der Waals surface area contributed by atoms with Gasteiger partial charge in [-0.3, -0.25) is 9.59 Å². The van der Waals surface area contributed by atoms with Gasteiger partial charge in [-0.2, -0.15) is 0 Å². The lowest BCUT2D eigenvalue weighted by Gasteiger charge is -2.56. The molecule has 0 spiro atoms. The van der Waals surface area contributed by atoms with E-state index in [0.717, 1.165) is 85.4 Å². The third-order valence-electron chi connectivity index (χ3n) is 11.2. The van der Waals surface area contributed by atoms with Crippen LogP contribution in [0.3, 0.4) is 0 Å². The molecule has 0 heterocycles. The molecule has 8 saturated carbocycles. The molecule has 8 aliphatic rings. The normalized spacial score (nSPS) is 43.2. The minimum Gasteiger partial charge on any atom is -0.315 e. The molecule has 0 unspecified atom stereocenters. The zero-order chi connectivity index (χ0) is 23.2. The van der Waals surface area contributed by atoms with Crippen LogP contribution in [0.4, 0.5) is 11.4 Å². The monoisotopic (exact) mass is 460 g/mol. The number of rotatable bonds is 4. The summed E-state index contributed by atoms with van der Waals surface area (Å²) < 4.78 is 0. The minimum absolute atomic E-state index is 0.118. The predicted molar refractivity (Wildman–Crippen MR) is 134 cm³/mol. The second kappa shape index (κ2) is 7.34. The van der Waals surface area contributed by atoms with Crippen molar-refractivity contribution in [3.8, 4) is 0 Å². The van der Waals surface area contributed by atoms with Crippen LogP contribution >= 0.6 is 0 Å². The molecular weight excluding hydrogens is 420 g/mol. The first-order valence-electron chi connectivity index (χ1n) is 14.0. The Hall–Kier alpha value is -1.84. The smallest absolute Gasteiger partial charge is 0.232 e. The van der Waals surface area contributed by atoms with Gasteiger partial charge in [0.1, 0.15) is 0 Å². The van der Waals surface area contributed by atoms with Gasteiger partial charge in [0, 0.05) is 25.5 Å². The Bertz CT molecular complexity index is 860. The topological polar surface area (TPSA) is 40.6 Å². The van der Waals surface area contributed by atoms with Gasteiger partial charge in [-0.1, -0.05) is 0 Å². The molecule has 1 aromatic rings. The molecule has 4 heteroatoms. The van der Waals surface area contributed by atoms with Gasteiger partial charge in [-0.15, -0.1) is 0 Å². The van der Waals surface area contributed by atoms with E-state index in [1.165, 1.54) is 38.5 Å². The Balaban J connectivity index is 1.07. The number of benzene rings is 1. The lowest BCUT2D eigenvalue weighted by molar-refractivity contribution is -0.143. The van der Waals surface area contributed by atoms with Crippen LogP contribution in [0.2, 0.25) is 0 Å². The Morgan fingerprint density at radius 1 is 0.559 bits per heavy atom. The summed E-state index contributed by atoms with van der Waals surface area (Å²) in [5.74, 6) is 5.30. The van der Waals surface area contributed by atoms with E-state index in [-0.39, 0.29) is 10.8 Å². The van der Waals surface area contributed by atoms with Crippen LogP contribution in [0.5, 0.6) is 0 Å². The molecular formula is C30H40N2O2. The van der Waals surface area contributed by atoms with Crippen LogP contribution in [0.25, 0.3) is 0 Å². The number of carbonyl (C=O) groups excluding carboxylic acids is 2. The van der Waals surface area contributed by atoms with Crippen LogP contribution < -0.4 is 9.80 Å². The quantitative estimate of drug-likeness (QED) is 0.549. The van der Waals surface area contributed by atoms with Crippen molar-refractivity contribution in [2.45, 2.75) is 77.0 Å². The molecule has 8 fully saturated rings. The van der Waals surface area contributed by atoms with Crippen molar-refractivity contribution in [2.24, 2.45) is 46.3 Å². The molecule has 8 bridgehead atoms. The standard InChI is InChI=1S/C30H40N2O2/c1-31(27(33)29-13-19-7-20(14-29)9-21(8-19)15-29)25-3-5-26(6-4-25)32(2)28(34)30-16-22-10-23(17-30)12-24(11-22)18-30/h3-6,19-24H,7-18H2,1-2H3. The first-order valence-corrected chi connectivity index (χ1v) is 14.0. The second-order valence-corrected chi connectivity index (χ2v) is 13.6. The van der Waals surface area contributed by atoms with E-state index in [4.69, 9.17) is 0 Å². The minimum atomic E-state index is -0.118. The highest BCUT2D eigenvalue weighted by Crippen LogP contribution is 2.62. The van der Waals surface area contributed by atoms with E-state index in [9.17, 15) is 9.59 Å². The summed E-state index contributed by atoms with van der Waals surface area (Å²) in [6, 6.07) is 8.21. The molecule has 4 nitrogen and oxygen atoms in total. The summed E-state index contributed by atoms with van der Waals surface area (Å²) >= 11 is 0. The van der Waals surface area contributed by atoms with E-state index in [0.29, 0.717) is 11.8 Å². The van der Waals surface area contributed by atoms with E-state index < -0.39 is 0 Å². The average Bonchev–Trinajstić information content (AvgIpc) is 2.80. The molecule has 34 heavy (non-hydrogen) atoms. The zero-order valence-corrected chi connectivity index (χ0v) is 21.0. The maximum Gasteiger partial charge on any atom is 0.232 e. The summed E-state index contributed by atoms with van der Waals surface area (Å²) in [6.45, 7) is 0. The van der Waals surface area contributed by atoms with Crippen molar-refractivity contribution in [3.63, 3.8) is 0 Å². The van der Waals surface area contributed by atoms with Crippen LogP contribution in [-0.4, -0.2) is 25.9 Å². The van der Waals surface area contributed by atoms with Gasteiger partial charge in [0.25, 0.3) is 0 Å². The Kier molecular flexibility index (Phi) is 4.63. The molecule has 9 rings (SSSR count). The molecule has 0 aromatic heterocycles. The largest absolute Gasteiger partial charge is 0.315 e. The predicted octanol–water partition coefficient (Wildman–Crippen LogP) is 6.05. The molecule has 0 aliphatic heterocycles. The third-order valence-corrected chi connectivity index (χ3v) is 11.2. The highest BCUT2D eigenvalue weighted by Gasteiger charge is 2.56. The SMILES string of the molecule is CN(C(=O)C12CC3CC(CC(C3)C1)C2)c1ccc(N(C)C(=O)C23CC4CC(CC(C4)C2)C3)cc1. The lowest BCUT2D eigenvalue weighted by Crippen LogP contribution is -2.54. The van der Waals surface area contributed by atoms with E-state index in [1.54, 1.807) is 0 Å². The van der Waals surface area contributed by atoms with Crippen molar-refractivity contribution in [1.29, 1.82) is 0 Å². The molecule has 0 saturated heterocycles. The number of anilines is 2. The maximum atomic E-state index is 13.7. The van der Waals surface area contributed by atoms with Crippen LogP contribution in [0, 0.1) is 46.3 Å². The first kappa shape index (κ1) is 21.4. The van der Waals surface area contributed by atoms with Gasteiger partial charge in [0.05, 0.1) is 10.8 Å². The van der Waals surface area contributed by atoms with Gasteiger partial charge in [0.15, 0.2) is 0 Å². The van der Waals surface area contributed by atoms with Crippen molar-refractivity contribution in [3.05, 3.63) is 24.3 Å². The van der Waals surface area contributed by atoms with Gasteiger partial charge >= 0.3 is 0 Å². The maximum absolute atomic E-state index is 13.7. The molecule has 1 aromatic carbocycles. The zero-order valence-electron chi connectivity index (χ0n) is 21.0. The van der Waals surface area contributed by atoms with Crippen molar-refractivity contribution in [2.75, 3.05) is 23.9 Å². The van der Waals surface area contributed by atoms with Crippen LogP contribution in [-0.2, 0) is 9.59 Å². The fraction of sp³-hybridized carbons (Fsp3) is 0.733. The number of hydrogen-bond acceptors (Lipinski definition) is 2. The van der Waals surface area contributed by atoms with Crippen molar-refractivity contribution < 1.29 is 9.59 Å². The summed E-state index contributed by atoms with van der Waals surface area (Å²) in [7, 11) is 3.92. The Morgan fingerprint density at radius 2 is 0.794 bits per heavy atom. The molecule has 0 atom stereocenters. The fourth-order valence-corrected chi connectivity index (χ4v) is 10.6. The summed E-state index contributed by atoms with van der Waals surface area (Å²) in [6.07, 6.45) is 14.7. The van der Waals surface area contributed by atoms with E-state index in [2.05, 4.69) is 24.3 Å². The molecule has 0 N–H and O–H groups in total. The summed E-state index contributed by atoms with van der Waals surface area (Å²) in [4.78, 5) is 31.3. The molecule has 0 radical (unpaired) electrons. The average molecular weight is 461 g/mol. The number of nitrogens with zero attached hydrogens (tertiary/aromatic N) is 2. The van der Waals surface area contributed by atoms with E-state index >= 15 is 0 Å². The molecule has 182 valence electrons. The first-order chi connectivity index (χ1) is 16.3. The fourth-order valence-electron chi connectivity index (χ4n) is 10.6. The molecule has 8 aliphatic carbocycles. The Morgan fingerprint density at radius 3 is 1.03 bits per heavy atom. The van der Waals surface area contributed by atoms with Crippen LogP contribution in [0.15, 0.2) is 24.3 Å². The van der Waals surface area contributed by atoms with Gasteiger partial charge in [-0.25, -0.2) is 0 Å². The van der Waals surface area contributed by atoms with Crippen molar-refractivity contribution in [1.82, 2.24) is 0 Å². The third kappa shape index (κ3) is 3.15.